The van der Waals surface area contributed by atoms with Crippen molar-refractivity contribution in [1.29, 1.82) is 0 Å². The Morgan fingerprint density at radius 3 is 1.94 bits per heavy atom. The lowest BCUT2D eigenvalue weighted by atomic mass is 10.0. The van der Waals surface area contributed by atoms with Gasteiger partial charge in [-0.15, -0.1) is 0 Å². The van der Waals surface area contributed by atoms with Crippen LogP contribution in [0.15, 0.2) is 54.6 Å². The van der Waals surface area contributed by atoms with E-state index in [1.165, 1.54) is 12.1 Å². The lowest BCUT2D eigenvalue weighted by Crippen LogP contribution is -2.03. The summed E-state index contributed by atoms with van der Waals surface area (Å²) in [5.74, 6) is 0.0778. The minimum absolute atomic E-state index is 0.0778. The summed E-state index contributed by atoms with van der Waals surface area (Å²) in [6.45, 7) is -2.84. The van der Waals surface area contributed by atoms with E-state index >= 15 is 0 Å². The fraction of sp³-hybridized carbons (Fsp3) is 0.143. The Bertz CT molecular complexity index is 483. The molecule has 0 aliphatic heterocycles. The van der Waals surface area contributed by atoms with Crippen molar-refractivity contribution in [3.63, 3.8) is 0 Å². The zero-order chi connectivity index (χ0) is 13.0. The van der Waals surface area contributed by atoms with Crippen molar-refractivity contribution < 1.29 is 18.6 Å². The number of halogens is 2. The molecule has 0 saturated carbocycles. The molecule has 2 nitrogen and oxygen atoms in total. The van der Waals surface area contributed by atoms with Gasteiger partial charge in [0.05, 0.1) is 0 Å². The van der Waals surface area contributed by atoms with Gasteiger partial charge in [0.25, 0.3) is 0 Å². The maximum absolute atomic E-state index is 12.0. The normalized spacial score (nSPS) is 12.4. The number of aliphatic hydroxyl groups excluding tert-OH is 1. The minimum atomic E-state index is -2.84. The molecular weight excluding hydrogens is 238 g/mol. The van der Waals surface area contributed by atoms with Gasteiger partial charge in [0, 0.05) is 0 Å². The molecule has 0 aromatic heterocycles. The molecule has 0 aliphatic carbocycles. The van der Waals surface area contributed by atoms with Crippen LogP contribution in [0.25, 0.3) is 0 Å². The topological polar surface area (TPSA) is 29.5 Å². The van der Waals surface area contributed by atoms with Gasteiger partial charge in [0.15, 0.2) is 0 Å². The van der Waals surface area contributed by atoms with Crippen molar-refractivity contribution >= 4 is 0 Å². The van der Waals surface area contributed by atoms with Crippen LogP contribution in [0, 0.1) is 0 Å². The molecule has 0 fully saturated rings. The van der Waals surface area contributed by atoms with Gasteiger partial charge in [-0.2, -0.15) is 8.78 Å². The third-order valence-corrected chi connectivity index (χ3v) is 2.54. The Kier molecular flexibility index (Phi) is 3.89. The molecule has 2 aromatic rings. The average molecular weight is 250 g/mol. The Labute approximate surface area is 103 Å². The molecule has 0 spiro atoms. The first-order chi connectivity index (χ1) is 8.66. The number of rotatable bonds is 4. The maximum atomic E-state index is 12.0. The van der Waals surface area contributed by atoms with Crippen molar-refractivity contribution in [2.75, 3.05) is 0 Å². The monoisotopic (exact) mass is 250 g/mol. The Balaban J connectivity index is 2.14. The molecule has 1 atom stereocenters. The summed E-state index contributed by atoms with van der Waals surface area (Å²) in [6, 6.07) is 15.1. The fourth-order valence-corrected chi connectivity index (χ4v) is 1.66. The second-order valence-corrected chi connectivity index (χ2v) is 3.76. The summed E-state index contributed by atoms with van der Waals surface area (Å²) in [5, 5.41) is 10.1. The first kappa shape index (κ1) is 12.5. The van der Waals surface area contributed by atoms with Crippen LogP contribution in [0.4, 0.5) is 8.78 Å². The zero-order valence-electron chi connectivity index (χ0n) is 9.46. The van der Waals surface area contributed by atoms with Crippen LogP contribution in [-0.4, -0.2) is 11.7 Å². The molecule has 1 unspecified atom stereocenters. The lowest BCUT2D eigenvalue weighted by Gasteiger charge is -2.12. The van der Waals surface area contributed by atoms with Crippen LogP contribution in [0.2, 0.25) is 0 Å². The third-order valence-electron chi connectivity index (χ3n) is 2.54. The summed E-state index contributed by atoms with van der Waals surface area (Å²) in [4.78, 5) is 0. The van der Waals surface area contributed by atoms with Gasteiger partial charge < -0.3 is 9.84 Å². The third kappa shape index (κ3) is 3.05. The SMILES string of the molecule is OC(c1ccccc1)c1ccc(OC(F)F)cc1. The van der Waals surface area contributed by atoms with E-state index in [0.29, 0.717) is 5.56 Å². The van der Waals surface area contributed by atoms with Crippen molar-refractivity contribution in [2.45, 2.75) is 12.7 Å². The van der Waals surface area contributed by atoms with Crippen molar-refractivity contribution in [2.24, 2.45) is 0 Å². The second kappa shape index (κ2) is 5.60. The molecule has 0 amide bonds. The predicted octanol–water partition coefficient (Wildman–Crippen LogP) is 3.37. The fourth-order valence-electron chi connectivity index (χ4n) is 1.66. The van der Waals surface area contributed by atoms with E-state index in [4.69, 9.17) is 0 Å². The summed E-state index contributed by atoms with van der Waals surface area (Å²) in [5.41, 5.74) is 1.38. The van der Waals surface area contributed by atoms with Crippen LogP contribution in [0.1, 0.15) is 17.2 Å². The van der Waals surface area contributed by atoms with Crippen LogP contribution >= 0.6 is 0 Å². The Morgan fingerprint density at radius 2 is 1.39 bits per heavy atom. The molecule has 1 N–H and O–H groups in total. The molecule has 2 aromatic carbocycles. The molecule has 18 heavy (non-hydrogen) atoms. The van der Waals surface area contributed by atoms with Gasteiger partial charge in [0.1, 0.15) is 11.9 Å². The molecular formula is C14H12F2O2. The zero-order valence-corrected chi connectivity index (χ0v) is 9.46. The molecule has 2 rings (SSSR count). The van der Waals surface area contributed by atoms with Crippen LogP contribution in [0.5, 0.6) is 5.75 Å². The molecule has 0 saturated heterocycles. The molecule has 0 aliphatic rings. The Hall–Kier alpha value is -1.94. The smallest absolute Gasteiger partial charge is 0.387 e. The second-order valence-electron chi connectivity index (χ2n) is 3.76. The Morgan fingerprint density at radius 1 is 0.833 bits per heavy atom. The van der Waals surface area contributed by atoms with Gasteiger partial charge in [0.2, 0.25) is 0 Å². The van der Waals surface area contributed by atoms with Crippen molar-refractivity contribution in [1.82, 2.24) is 0 Å². The van der Waals surface area contributed by atoms with Gasteiger partial charge in [-0.25, -0.2) is 0 Å². The standard InChI is InChI=1S/C14H12F2O2/c15-14(16)18-12-8-6-11(7-9-12)13(17)10-4-2-1-3-5-10/h1-9,13-14,17H. The molecule has 0 radical (unpaired) electrons. The van der Waals surface area contributed by atoms with Crippen LogP contribution in [0.3, 0.4) is 0 Å². The van der Waals surface area contributed by atoms with E-state index in [-0.39, 0.29) is 5.75 Å². The van der Waals surface area contributed by atoms with E-state index in [9.17, 15) is 13.9 Å². The van der Waals surface area contributed by atoms with Gasteiger partial charge in [-0.1, -0.05) is 42.5 Å². The van der Waals surface area contributed by atoms with Gasteiger partial charge >= 0.3 is 6.61 Å². The number of benzene rings is 2. The van der Waals surface area contributed by atoms with Crippen LogP contribution < -0.4 is 4.74 Å². The number of aliphatic hydroxyl groups is 1. The molecule has 0 bridgehead atoms. The average Bonchev–Trinajstić information content (AvgIpc) is 2.39. The van der Waals surface area contributed by atoms with Gasteiger partial charge in [-0.05, 0) is 23.3 Å². The van der Waals surface area contributed by atoms with E-state index in [1.807, 2.05) is 18.2 Å². The summed E-state index contributed by atoms with van der Waals surface area (Å²) >= 11 is 0. The highest BCUT2D eigenvalue weighted by molar-refractivity contribution is 5.33. The minimum Gasteiger partial charge on any atom is -0.435 e. The van der Waals surface area contributed by atoms with Crippen molar-refractivity contribution in [3.8, 4) is 5.75 Å². The van der Waals surface area contributed by atoms with E-state index in [0.717, 1.165) is 5.56 Å². The van der Waals surface area contributed by atoms with Crippen LogP contribution in [-0.2, 0) is 0 Å². The number of alkyl halides is 2. The van der Waals surface area contributed by atoms with E-state index < -0.39 is 12.7 Å². The lowest BCUT2D eigenvalue weighted by molar-refractivity contribution is -0.0498. The van der Waals surface area contributed by atoms with E-state index in [1.54, 1.807) is 24.3 Å². The van der Waals surface area contributed by atoms with Gasteiger partial charge in [-0.3, -0.25) is 0 Å². The van der Waals surface area contributed by atoms with Crippen molar-refractivity contribution in [3.05, 3.63) is 65.7 Å². The highest BCUT2D eigenvalue weighted by atomic mass is 19.3. The molecule has 94 valence electrons. The quantitative estimate of drug-likeness (QED) is 0.901. The molecule has 0 heterocycles. The maximum Gasteiger partial charge on any atom is 0.387 e. The number of hydrogen-bond acceptors (Lipinski definition) is 2. The highest BCUT2D eigenvalue weighted by Crippen LogP contribution is 2.24. The first-order valence-electron chi connectivity index (χ1n) is 5.44. The summed E-state index contributed by atoms with van der Waals surface area (Å²) < 4.78 is 28.2. The summed E-state index contributed by atoms with van der Waals surface area (Å²) in [6.07, 6.45) is -0.771. The first-order valence-corrected chi connectivity index (χ1v) is 5.44. The summed E-state index contributed by atoms with van der Waals surface area (Å²) in [7, 11) is 0. The highest BCUT2D eigenvalue weighted by Gasteiger charge is 2.10. The number of hydrogen-bond donors (Lipinski definition) is 1. The largest absolute Gasteiger partial charge is 0.435 e. The number of ether oxygens (including phenoxy) is 1. The predicted molar refractivity (Wildman–Crippen MR) is 63.6 cm³/mol. The molecule has 4 heteroatoms. The van der Waals surface area contributed by atoms with E-state index in [2.05, 4.69) is 4.74 Å².